The second-order valence-electron chi connectivity index (χ2n) is 4.28. The molecule has 17 heavy (non-hydrogen) atoms. The third-order valence-corrected chi connectivity index (χ3v) is 2.91. The maximum absolute atomic E-state index is 5.64. The maximum Gasteiger partial charge on any atom is 0.215 e. The van der Waals surface area contributed by atoms with Crippen molar-refractivity contribution < 1.29 is 9.47 Å². The summed E-state index contributed by atoms with van der Waals surface area (Å²) in [5, 5.41) is 3.37. The Labute approximate surface area is 102 Å². The Kier molecular flexibility index (Phi) is 4.20. The summed E-state index contributed by atoms with van der Waals surface area (Å²) in [5.41, 5.74) is 0. The fourth-order valence-corrected chi connectivity index (χ4v) is 2.05. The number of nitrogens with zero attached hydrogens (tertiary/aromatic N) is 1. The zero-order valence-corrected chi connectivity index (χ0v) is 10.5. The Hall–Kier alpha value is -1.29. The van der Waals surface area contributed by atoms with Crippen molar-refractivity contribution in [2.45, 2.75) is 38.8 Å². The number of nitrogens with one attached hydrogen (secondary N) is 1. The van der Waals surface area contributed by atoms with Crippen LogP contribution >= 0.6 is 0 Å². The molecule has 2 rings (SSSR count). The van der Waals surface area contributed by atoms with E-state index in [1.807, 2.05) is 25.1 Å². The first kappa shape index (κ1) is 12.2. The van der Waals surface area contributed by atoms with E-state index in [1.165, 1.54) is 0 Å². The van der Waals surface area contributed by atoms with Crippen LogP contribution in [0.1, 0.15) is 26.7 Å². The van der Waals surface area contributed by atoms with Crippen molar-refractivity contribution in [2.24, 2.45) is 0 Å². The summed E-state index contributed by atoms with van der Waals surface area (Å²) >= 11 is 0. The van der Waals surface area contributed by atoms with Crippen LogP contribution in [-0.4, -0.2) is 30.3 Å². The van der Waals surface area contributed by atoms with Crippen LogP contribution in [0.5, 0.6) is 5.88 Å². The minimum atomic E-state index is 0.280. The minimum absolute atomic E-state index is 0.280. The van der Waals surface area contributed by atoms with Gasteiger partial charge in [0, 0.05) is 12.7 Å². The summed E-state index contributed by atoms with van der Waals surface area (Å²) in [6.45, 7) is 5.60. The van der Waals surface area contributed by atoms with Crippen LogP contribution in [0.2, 0.25) is 0 Å². The Morgan fingerprint density at radius 3 is 3.18 bits per heavy atom. The van der Waals surface area contributed by atoms with Crippen molar-refractivity contribution in [1.82, 2.24) is 4.98 Å². The lowest BCUT2D eigenvalue weighted by Gasteiger charge is -2.20. The lowest BCUT2D eigenvalue weighted by atomic mass is 10.1. The van der Waals surface area contributed by atoms with Crippen molar-refractivity contribution in [3.05, 3.63) is 18.2 Å². The third kappa shape index (κ3) is 3.33. The first-order valence-electron chi connectivity index (χ1n) is 6.27. The molecule has 2 atom stereocenters. The van der Waals surface area contributed by atoms with E-state index in [1.54, 1.807) is 0 Å². The molecule has 1 aliphatic heterocycles. The number of rotatable bonds is 5. The number of ether oxygens (including phenoxy) is 2. The number of anilines is 1. The number of pyridine rings is 1. The van der Waals surface area contributed by atoms with Crippen molar-refractivity contribution in [3.8, 4) is 5.88 Å². The summed E-state index contributed by atoms with van der Waals surface area (Å²) in [6.07, 6.45) is 2.58. The van der Waals surface area contributed by atoms with Gasteiger partial charge in [-0.2, -0.15) is 4.98 Å². The first-order chi connectivity index (χ1) is 8.29. The zero-order chi connectivity index (χ0) is 12.1. The van der Waals surface area contributed by atoms with E-state index in [4.69, 9.17) is 9.47 Å². The monoisotopic (exact) mass is 236 g/mol. The Bertz CT molecular complexity index is 351. The standard InChI is InChI=1S/C13H20N2O2/c1-3-16-13-8-4-7-12(15-13)14-10(2)11-6-5-9-17-11/h4,7-8,10-11H,3,5-6,9H2,1-2H3,(H,14,15). The van der Waals surface area contributed by atoms with Crippen molar-refractivity contribution in [3.63, 3.8) is 0 Å². The smallest absolute Gasteiger partial charge is 0.215 e. The van der Waals surface area contributed by atoms with Gasteiger partial charge in [-0.3, -0.25) is 0 Å². The third-order valence-electron chi connectivity index (χ3n) is 2.91. The number of hydrogen-bond donors (Lipinski definition) is 1. The van der Waals surface area contributed by atoms with Gasteiger partial charge >= 0.3 is 0 Å². The molecule has 0 amide bonds. The molecule has 1 aromatic rings. The second-order valence-corrected chi connectivity index (χ2v) is 4.28. The van der Waals surface area contributed by atoms with E-state index in [-0.39, 0.29) is 6.04 Å². The first-order valence-corrected chi connectivity index (χ1v) is 6.27. The molecule has 1 N–H and O–H groups in total. The van der Waals surface area contributed by atoms with E-state index in [2.05, 4.69) is 17.2 Å². The van der Waals surface area contributed by atoms with Crippen molar-refractivity contribution in [2.75, 3.05) is 18.5 Å². The summed E-state index contributed by atoms with van der Waals surface area (Å²) in [7, 11) is 0. The van der Waals surface area contributed by atoms with Gasteiger partial charge in [-0.1, -0.05) is 6.07 Å². The molecule has 1 aliphatic rings. The molecule has 94 valence electrons. The van der Waals surface area contributed by atoms with Crippen LogP contribution in [0.4, 0.5) is 5.82 Å². The molecule has 0 radical (unpaired) electrons. The lowest BCUT2D eigenvalue weighted by Crippen LogP contribution is -2.30. The fourth-order valence-electron chi connectivity index (χ4n) is 2.05. The fraction of sp³-hybridized carbons (Fsp3) is 0.615. The van der Waals surface area contributed by atoms with Gasteiger partial charge in [-0.05, 0) is 32.8 Å². The molecule has 1 fully saturated rings. The second kappa shape index (κ2) is 5.87. The van der Waals surface area contributed by atoms with Crippen LogP contribution in [0.15, 0.2) is 18.2 Å². The Balaban J connectivity index is 1.94. The van der Waals surface area contributed by atoms with Crippen LogP contribution in [-0.2, 0) is 4.74 Å². The molecule has 0 aliphatic carbocycles. The molecule has 0 spiro atoms. The van der Waals surface area contributed by atoms with Crippen LogP contribution in [0.3, 0.4) is 0 Å². The predicted octanol–water partition coefficient (Wildman–Crippen LogP) is 2.46. The molecule has 4 nitrogen and oxygen atoms in total. The highest BCUT2D eigenvalue weighted by Gasteiger charge is 2.22. The average molecular weight is 236 g/mol. The molecule has 1 aromatic heterocycles. The van der Waals surface area contributed by atoms with Gasteiger partial charge in [0.2, 0.25) is 5.88 Å². The Morgan fingerprint density at radius 2 is 2.47 bits per heavy atom. The van der Waals surface area contributed by atoms with Crippen molar-refractivity contribution in [1.29, 1.82) is 0 Å². The summed E-state index contributed by atoms with van der Waals surface area (Å²) in [6, 6.07) is 6.05. The number of hydrogen-bond acceptors (Lipinski definition) is 4. The van der Waals surface area contributed by atoms with Crippen molar-refractivity contribution >= 4 is 5.82 Å². The Morgan fingerprint density at radius 1 is 1.59 bits per heavy atom. The van der Waals surface area contributed by atoms with E-state index < -0.39 is 0 Å². The largest absolute Gasteiger partial charge is 0.478 e. The number of aromatic nitrogens is 1. The van der Waals surface area contributed by atoms with Gasteiger partial charge in [0.05, 0.1) is 18.8 Å². The maximum atomic E-state index is 5.64. The van der Waals surface area contributed by atoms with Gasteiger partial charge in [0.1, 0.15) is 5.82 Å². The summed E-state index contributed by atoms with van der Waals surface area (Å²) in [4.78, 5) is 4.38. The zero-order valence-electron chi connectivity index (χ0n) is 10.5. The highest BCUT2D eigenvalue weighted by molar-refractivity contribution is 5.38. The van der Waals surface area contributed by atoms with Gasteiger partial charge < -0.3 is 14.8 Å². The molecule has 1 saturated heterocycles. The molecule has 4 heteroatoms. The SMILES string of the molecule is CCOc1cccc(NC(C)C2CCCO2)n1. The van der Waals surface area contributed by atoms with E-state index in [9.17, 15) is 0 Å². The van der Waals surface area contributed by atoms with Gasteiger partial charge in [0.25, 0.3) is 0 Å². The van der Waals surface area contributed by atoms with Gasteiger partial charge in [0.15, 0.2) is 0 Å². The molecule has 0 saturated carbocycles. The molecule has 0 bridgehead atoms. The van der Waals surface area contributed by atoms with Gasteiger partial charge in [-0.15, -0.1) is 0 Å². The van der Waals surface area contributed by atoms with Crippen LogP contribution < -0.4 is 10.1 Å². The molecule has 2 unspecified atom stereocenters. The summed E-state index contributed by atoms with van der Waals surface area (Å²) < 4.78 is 11.0. The highest BCUT2D eigenvalue weighted by Crippen LogP contribution is 2.19. The van der Waals surface area contributed by atoms with E-state index >= 15 is 0 Å². The summed E-state index contributed by atoms with van der Waals surface area (Å²) in [5.74, 6) is 1.51. The normalized spacial score (nSPS) is 21.2. The molecule has 0 aromatic carbocycles. The molecular formula is C13H20N2O2. The highest BCUT2D eigenvalue weighted by atomic mass is 16.5. The molecule has 2 heterocycles. The molecular weight excluding hydrogens is 216 g/mol. The minimum Gasteiger partial charge on any atom is -0.478 e. The van der Waals surface area contributed by atoms with Crippen LogP contribution in [0, 0.1) is 0 Å². The lowest BCUT2D eigenvalue weighted by molar-refractivity contribution is 0.0995. The average Bonchev–Trinajstić information content (AvgIpc) is 2.83. The quantitative estimate of drug-likeness (QED) is 0.853. The topological polar surface area (TPSA) is 43.4 Å². The van der Waals surface area contributed by atoms with Crippen LogP contribution in [0.25, 0.3) is 0 Å². The van der Waals surface area contributed by atoms with E-state index in [0.717, 1.165) is 25.3 Å². The van der Waals surface area contributed by atoms with Gasteiger partial charge in [-0.25, -0.2) is 0 Å². The predicted molar refractivity (Wildman–Crippen MR) is 67.5 cm³/mol. The van der Waals surface area contributed by atoms with E-state index in [0.29, 0.717) is 18.6 Å².